The SMILES string of the molecule is CC(O)CCCC1OCCc2ccccc21. The van der Waals surface area contributed by atoms with E-state index >= 15 is 0 Å². The van der Waals surface area contributed by atoms with Gasteiger partial charge in [-0.25, -0.2) is 0 Å². The van der Waals surface area contributed by atoms with Gasteiger partial charge in [-0.3, -0.25) is 0 Å². The molecular weight excluding hydrogens is 200 g/mol. The summed E-state index contributed by atoms with van der Waals surface area (Å²) in [6, 6.07) is 8.53. The first-order chi connectivity index (χ1) is 7.77. The molecule has 2 rings (SSSR count). The number of rotatable bonds is 4. The van der Waals surface area contributed by atoms with Crippen molar-refractivity contribution in [1.29, 1.82) is 0 Å². The van der Waals surface area contributed by atoms with Crippen molar-refractivity contribution in [1.82, 2.24) is 0 Å². The van der Waals surface area contributed by atoms with E-state index in [2.05, 4.69) is 24.3 Å². The van der Waals surface area contributed by atoms with Crippen LogP contribution in [0.4, 0.5) is 0 Å². The summed E-state index contributed by atoms with van der Waals surface area (Å²) >= 11 is 0. The van der Waals surface area contributed by atoms with Crippen LogP contribution in [-0.2, 0) is 11.2 Å². The van der Waals surface area contributed by atoms with Crippen LogP contribution in [-0.4, -0.2) is 17.8 Å². The zero-order valence-corrected chi connectivity index (χ0v) is 9.86. The van der Waals surface area contributed by atoms with Crippen LogP contribution in [0, 0.1) is 0 Å². The van der Waals surface area contributed by atoms with E-state index in [1.54, 1.807) is 0 Å². The quantitative estimate of drug-likeness (QED) is 0.845. The number of ether oxygens (including phenoxy) is 1. The van der Waals surface area contributed by atoms with E-state index in [4.69, 9.17) is 4.74 Å². The Bertz CT molecular complexity index is 333. The first kappa shape index (κ1) is 11.6. The maximum Gasteiger partial charge on any atom is 0.0827 e. The van der Waals surface area contributed by atoms with Crippen molar-refractivity contribution < 1.29 is 9.84 Å². The van der Waals surface area contributed by atoms with Gasteiger partial charge in [0.15, 0.2) is 0 Å². The Morgan fingerprint density at radius 3 is 3.06 bits per heavy atom. The third kappa shape index (κ3) is 2.83. The minimum absolute atomic E-state index is 0.196. The number of aliphatic hydroxyl groups excluding tert-OH is 1. The third-order valence-corrected chi connectivity index (χ3v) is 3.18. The van der Waals surface area contributed by atoms with Gasteiger partial charge in [0.25, 0.3) is 0 Å². The Kier molecular flexibility index (Phi) is 3.97. The summed E-state index contributed by atoms with van der Waals surface area (Å²) in [6.45, 7) is 2.67. The fraction of sp³-hybridized carbons (Fsp3) is 0.571. The van der Waals surface area contributed by atoms with E-state index in [1.807, 2.05) is 6.92 Å². The van der Waals surface area contributed by atoms with Crippen LogP contribution in [0.5, 0.6) is 0 Å². The lowest BCUT2D eigenvalue weighted by molar-refractivity contribution is 0.0325. The van der Waals surface area contributed by atoms with E-state index < -0.39 is 0 Å². The topological polar surface area (TPSA) is 29.5 Å². The summed E-state index contributed by atoms with van der Waals surface area (Å²) in [4.78, 5) is 0. The Balaban J connectivity index is 1.96. The summed E-state index contributed by atoms with van der Waals surface area (Å²) in [7, 11) is 0. The van der Waals surface area contributed by atoms with Crippen LogP contribution in [0.15, 0.2) is 24.3 Å². The van der Waals surface area contributed by atoms with Crippen molar-refractivity contribution in [2.75, 3.05) is 6.61 Å². The second kappa shape index (κ2) is 5.46. The highest BCUT2D eigenvalue weighted by Crippen LogP contribution is 2.30. The highest BCUT2D eigenvalue weighted by molar-refractivity contribution is 5.30. The van der Waals surface area contributed by atoms with Crippen molar-refractivity contribution >= 4 is 0 Å². The van der Waals surface area contributed by atoms with Gasteiger partial charge in [-0.15, -0.1) is 0 Å². The van der Waals surface area contributed by atoms with E-state index in [1.165, 1.54) is 11.1 Å². The maximum atomic E-state index is 9.24. The van der Waals surface area contributed by atoms with Crippen LogP contribution >= 0.6 is 0 Å². The van der Waals surface area contributed by atoms with E-state index in [9.17, 15) is 5.11 Å². The van der Waals surface area contributed by atoms with E-state index in [-0.39, 0.29) is 12.2 Å². The van der Waals surface area contributed by atoms with Gasteiger partial charge in [0, 0.05) is 0 Å². The molecule has 1 aromatic carbocycles. The van der Waals surface area contributed by atoms with Crippen LogP contribution in [0.2, 0.25) is 0 Å². The third-order valence-electron chi connectivity index (χ3n) is 3.18. The smallest absolute Gasteiger partial charge is 0.0827 e. The molecule has 0 saturated carbocycles. The minimum atomic E-state index is -0.196. The summed E-state index contributed by atoms with van der Waals surface area (Å²) < 4.78 is 5.80. The largest absolute Gasteiger partial charge is 0.393 e. The molecule has 0 bridgehead atoms. The molecule has 2 unspecified atom stereocenters. The van der Waals surface area contributed by atoms with Crippen LogP contribution < -0.4 is 0 Å². The van der Waals surface area contributed by atoms with Crippen molar-refractivity contribution in [2.24, 2.45) is 0 Å². The lowest BCUT2D eigenvalue weighted by atomic mass is 9.94. The number of fused-ring (bicyclic) bond motifs is 1. The standard InChI is InChI=1S/C14H20O2/c1-11(15)5-4-8-14-13-7-3-2-6-12(13)9-10-16-14/h2-3,6-7,11,14-15H,4-5,8-10H2,1H3. The second-order valence-corrected chi connectivity index (χ2v) is 4.59. The molecule has 1 heterocycles. The summed E-state index contributed by atoms with van der Waals surface area (Å²) in [5, 5.41) is 9.24. The number of hydrogen-bond donors (Lipinski definition) is 1. The first-order valence-electron chi connectivity index (χ1n) is 6.15. The summed E-state index contributed by atoms with van der Waals surface area (Å²) in [5.74, 6) is 0. The van der Waals surface area contributed by atoms with Crippen LogP contribution in [0.1, 0.15) is 43.4 Å². The molecule has 2 nitrogen and oxygen atoms in total. The average molecular weight is 220 g/mol. The van der Waals surface area contributed by atoms with Crippen molar-refractivity contribution in [3.63, 3.8) is 0 Å². The zero-order chi connectivity index (χ0) is 11.4. The van der Waals surface area contributed by atoms with Gasteiger partial charge in [-0.2, -0.15) is 0 Å². The molecule has 1 N–H and O–H groups in total. The summed E-state index contributed by atoms with van der Waals surface area (Å²) in [6.07, 6.45) is 3.98. The molecular formula is C14H20O2. The monoisotopic (exact) mass is 220 g/mol. The Hall–Kier alpha value is -0.860. The second-order valence-electron chi connectivity index (χ2n) is 4.59. The molecule has 2 atom stereocenters. The normalized spacial score (nSPS) is 21.5. The van der Waals surface area contributed by atoms with Gasteiger partial charge in [0.2, 0.25) is 0 Å². The number of benzene rings is 1. The molecule has 1 aliphatic heterocycles. The van der Waals surface area contributed by atoms with E-state index in [0.717, 1.165) is 32.3 Å². The van der Waals surface area contributed by atoms with Crippen molar-refractivity contribution in [2.45, 2.75) is 44.8 Å². The molecule has 0 amide bonds. The Morgan fingerprint density at radius 1 is 1.44 bits per heavy atom. The molecule has 1 aromatic rings. The molecule has 1 aliphatic rings. The fourth-order valence-electron chi connectivity index (χ4n) is 2.31. The van der Waals surface area contributed by atoms with Gasteiger partial charge in [-0.05, 0) is 43.7 Å². The van der Waals surface area contributed by atoms with Gasteiger partial charge < -0.3 is 9.84 Å². The van der Waals surface area contributed by atoms with Crippen molar-refractivity contribution in [3.05, 3.63) is 35.4 Å². The summed E-state index contributed by atoms with van der Waals surface area (Å²) in [5.41, 5.74) is 2.77. The van der Waals surface area contributed by atoms with Gasteiger partial charge in [0.1, 0.15) is 0 Å². The molecule has 2 heteroatoms. The predicted molar refractivity (Wildman–Crippen MR) is 64.4 cm³/mol. The highest BCUT2D eigenvalue weighted by Gasteiger charge is 2.19. The molecule has 88 valence electrons. The predicted octanol–water partition coefficient (Wildman–Crippen LogP) is 2.85. The average Bonchev–Trinajstić information content (AvgIpc) is 2.29. The fourth-order valence-corrected chi connectivity index (χ4v) is 2.31. The lowest BCUT2D eigenvalue weighted by Gasteiger charge is -2.26. The van der Waals surface area contributed by atoms with Gasteiger partial charge in [-0.1, -0.05) is 24.3 Å². The van der Waals surface area contributed by atoms with Gasteiger partial charge in [0.05, 0.1) is 18.8 Å². The van der Waals surface area contributed by atoms with Crippen LogP contribution in [0.25, 0.3) is 0 Å². The van der Waals surface area contributed by atoms with Crippen molar-refractivity contribution in [3.8, 4) is 0 Å². The molecule has 0 saturated heterocycles. The highest BCUT2D eigenvalue weighted by atomic mass is 16.5. The molecule has 0 aliphatic carbocycles. The minimum Gasteiger partial charge on any atom is -0.393 e. The Morgan fingerprint density at radius 2 is 2.25 bits per heavy atom. The maximum absolute atomic E-state index is 9.24. The van der Waals surface area contributed by atoms with E-state index in [0.29, 0.717) is 0 Å². The molecule has 0 aromatic heterocycles. The Labute approximate surface area is 97.3 Å². The molecule has 0 spiro atoms. The molecule has 16 heavy (non-hydrogen) atoms. The van der Waals surface area contributed by atoms with Gasteiger partial charge >= 0.3 is 0 Å². The zero-order valence-electron chi connectivity index (χ0n) is 9.86. The number of hydrogen-bond acceptors (Lipinski definition) is 2. The first-order valence-corrected chi connectivity index (χ1v) is 6.15. The molecule has 0 fully saturated rings. The van der Waals surface area contributed by atoms with Crippen LogP contribution in [0.3, 0.4) is 0 Å². The lowest BCUT2D eigenvalue weighted by Crippen LogP contribution is -2.16. The molecule has 0 radical (unpaired) electrons. The number of aliphatic hydroxyl groups is 1.